The predicted octanol–water partition coefficient (Wildman–Crippen LogP) is 0.439. The topological polar surface area (TPSA) is 70.6 Å². The van der Waals surface area contributed by atoms with Crippen LogP contribution in [-0.4, -0.2) is 24.6 Å². The second-order valence-electron chi connectivity index (χ2n) is 3.11. The largest absolute Gasteiger partial charge is 0.344 e. The molecule has 0 radical (unpaired) electrons. The molecule has 1 aromatic carbocycles. The highest BCUT2D eigenvalue weighted by atomic mass is 16.2. The van der Waals surface area contributed by atoms with Gasteiger partial charge in [0, 0.05) is 6.54 Å². The lowest BCUT2D eigenvalue weighted by atomic mass is 10.2. The molecule has 88 valence electrons. The molecule has 0 fully saturated rings. The summed E-state index contributed by atoms with van der Waals surface area (Å²) in [7, 11) is 0. The summed E-state index contributed by atoms with van der Waals surface area (Å²) < 4.78 is 0. The molecule has 0 spiro atoms. The van der Waals surface area contributed by atoms with Crippen LogP contribution in [0, 0.1) is 0 Å². The minimum atomic E-state index is -0.806. The summed E-state index contributed by atoms with van der Waals surface area (Å²) in [6.45, 7) is 3.66. The maximum absolute atomic E-state index is 11.2. The van der Waals surface area contributed by atoms with Gasteiger partial charge >= 0.3 is 11.8 Å². The van der Waals surface area contributed by atoms with Gasteiger partial charge in [-0.3, -0.25) is 9.59 Å². The van der Waals surface area contributed by atoms with Crippen molar-refractivity contribution in [3.05, 3.63) is 48.6 Å². The monoisotopic (exact) mass is 231 g/mol. The number of hydrazone groups is 1. The zero-order valence-corrected chi connectivity index (χ0v) is 9.22. The van der Waals surface area contributed by atoms with Crippen LogP contribution in [0.1, 0.15) is 5.56 Å². The van der Waals surface area contributed by atoms with Crippen LogP contribution < -0.4 is 10.7 Å². The number of rotatable bonds is 4. The zero-order chi connectivity index (χ0) is 12.5. The van der Waals surface area contributed by atoms with Crippen molar-refractivity contribution in [3.63, 3.8) is 0 Å². The SMILES string of the molecule is C=CCNC(=O)C(=O)NN=Cc1ccccc1. The van der Waals surface area contributed by atoms with Gasteiger partial charge in [-0.1, -0.05) is 36.4 Å². The Morgan fingerprint density at radius 1 is 1.24 bits per heavy atom. The smallest absolute Gasteiger partial charge is 0.329 e. The van der Waals surface area contributed by atoms with E-state index >= 15 is 0 Å². The quantitative estimate of drug-likeness (QED) is 0.341. The van der Waals surface area contributed by atoms with Gasteiger partial charge in [0.15, 0.2) is 0 Å². The Labute approximate surface area is 99.2 Å². The van der Waals surface area contributed by atoms with Gasteiger partial charge in [-0.25, -0.2) is 5.43 Å². The van der Waals surface area contributed by atoms with Crippen LogP contribution in [0.15, 0.2) is 48.1 Å². The number of carbonyl (C=O) groups is 2. The minimum Gasteiger partial charge on any atom is -0.344 e. The van der Waals surface area contributed by atoms with E-state index in [2.05, 4.69) is 22.4 Å². The first-order chi connectivity index (χ1) is 8.24. The van der Waals surface area contributed by atoms with E-state index < -0.39 is 11.8 Å². The summed E-state index contributed by atoms with van der Waals surface area (Å²) in [4.78, 5) is 22.3. The maximum Gasteiger partial charge on any atom is 0.329 e. The van der Waals surface area contributed by atoms with Crippen LogP contribution in [0.4, 0.5) is 0 Å². The molecule has 0 saturated heterocycles. The van der Waals surface area contributed by atoms with Gasteiger partial charge in [0.2, 0.25) is 0 Å². The van der Waals surface area contributed by atoms with Gasteiger partial charge in [0.05, 0.1) is 6.21 Å². The van der Waals surface area contributed by atoms with Crippen LogP contribution in [-0.2, 0) is 9.59 Å². The number of benzene rings is 1. The summed E-state index contributed by atoms with van der Waals surface area (Å²) in [5.74, 6) is -1.55. The van der Waals surface area contributed by atoms with Gasteiger partial charge in [-0.05, 0) is 5.56 Å². The van der Waals surface area contributed by atoms with E-state index in [1.165, 1.54) is 12.3 Å². The van der Waals surface area contributed by atoms with Gasteiger partial charge in [0.25, 0.3) is 0 Å². The van der Waals surface area contributed by atoms with E-state index in [0.717, 1.165) is 5.56 Å². The zero-order valence-electron chi connectivity index (χ0n) is 9.22. The fourth-order valence-corrected chi connectivity index (χ4v) is 1.00. The summed E-state index contributed by atoms with van der Waals surface area (Å²) in [6.07, 6.45) is 2.94. The van der Waals surface area contributed by atoms with Gasteiger partial charge in [0.1, 0.15) is 0 Å². The lowest BCUT2D eigenvalue weighted by Crippen LogP contribution is -2.37. The molecule has 2 amide bonds. The second kappa shape index (κ2) is 6.95. The van der Waals surface area contributed by atoms with Crippen LogP contribution in [0.25, 0.3) is 0 Å². The molecule has 0 aliphatic heterocycles. The van der Waals surface area contributed by atoms with Crippen molar-refractivity contribution in [3.8, 4) is 0 Å². The van der Waals surface area contributed by atoms with Gasteiger partial charge < -0.3 is 5.32 Å². The predicted molar refractivity (Wildman–Crippen MR) is 65.4 cm³/mol. The molecule has 0 bridgehead atoms. The maximum atomic E-state index is 11.2. The van der Waals surface area contributed by atoms with Crippen LogP contribution in [0.3, 0.4) is 0 Å². The first-order valence-corrected chi connectivity index (χ1v) is 5.01. The molecule has 0 aliphatic carbocycles. The Kier molecular flexibility index (Phi) is 5.16. The minimum absolute atomic E-state index is 0.245. The van der Waals surface area contributed by atoms with Crippen LogP contribution >= 0.6 is 0 Å². The molecule has 0 aliphatic rings. The fraction of sp³-hybridized carbons (Fsp3) is 0.0833. The summed E-state index contributed by atoms with van der Waals surface area (Å²) in [6, 6.07) is 9.22. The normalized spacial score (nSPS) is 9.88. The molecule has 0 heterocycles. The Morgan fingerprint density at radius 3 is 2.59 bits per heavy atom. The highest BCUT2D eigenvalue weighted by molar-refractivity contribution is 6.35. The number of nitrogens with one attached hydrogen (secondary N) is 2. The highest BCUT2D eigenvalue weighted by Gasteiger charge is 2.10. The number of carbonyl (C=O) groups excluding carboxylic acids is 2. The number of nitrogens with zero attached hydrogens (tertiary/aromatic N) is 1. The molecule has 1 aromatic rings. The van der Waals surface area contributed by atoms with Crippen molar-refractivity contribution in [1.82, 2.24) is 10.7 Å². The number of amides is 2. The van der Waals surface area contributed by atoms with E-state index in [-0.39, 0.29) is 6.54 Å². The molecule has 0 unspecified atom stereocenters. The van der Waals surface area contributed by atoms with Crippen molar-refractivity contribution < 1.29 is 9.59 Å². The number of hydrogen-bond donors (Lipinski definition) is 2. The molecular weight excluding hydrogens is 218 g/mol. The molecule has 5 heteroatoms. The third-order valence-corrected chi connectivity index (χ3v) is 1.79. The molecular formula is C12H13N3O2. The second-order valence-corrected chi connectivity index (χ2v) is 3.11. The molecule has 1 rings (SSSR count). The van der Waals surface area contributed by atoms with Crippen molar-refractivity contribution >= 4 is 18.0 Å². The highest BCUT2D eigenvalue weighted by Crippen LogP contribution is 1.92. The molecule has 17 heavy (non-hydrogen) atoms. The molecule has 0 aromatic heterocycles. The van der Waals surface area contributed by atoms with E-state index in [1.807, 2.05) is 30.3 Å². The summed E-state index contributed by atoms with van der Waals surface area (Å²) in [5.41, 5.74) is 2.96. The summed E-state index contributed by atoms with van der Waals surface area (Å²) >= 11 is 0. The average Bonchev–Trinajstić information content (AvgIpc) is 2.37. The molecule has 2 N–H and O–H groups in total. The lowest BCUT2D eigenvalue weighted by Gasteiger charge is -1.99. The van der Waals surface area contributed by atoms with E-state index in [4.69, 9.17) is 0 Å². The molecule has 0 atom stereocenters. The Bertz CT molecular complexity index is 427. The Morgan fingerprint density at radius 2 is 1.94 bits per heavy atom. The third-order valence-electron chi connectivity index (χ3n) is 1.79. The Balaban J connectivity index is 2.40. The van der Waals surface area contributed by atoms with Crippen molar-refractivity contribution in [2.75, 3.05) is 6.54 Å². The van der Waals surface area contributed by atoms with Crippen molar-refractivity contribution in [2.45, 2.75) is 0 Å². The van der Waals surface area contributed by atoms with Crippen LogP contribution in [0.2, 0.25) is 0 Å². The van der Waals surface area contributed by atoms with Crippen LogP contribution in [0.5, 0.6) is 0 Å². The lowest BCUT2D eigenvalue weighted by molar-refractivity contribution is -0.139. The van der Waals surface area contributed by atoms with Gasteiger partial charge in [-0.2, -0.15) is 5.10 Å². The standard InChI is InChI=1S/C12H13N3O2/c1-2-8-13-11(16)12(17)15-14-9-10-6-4-3-5-7-10/h2-7,9H,1,8H2,(H,13,16)(H,15,17). The summed E-state index contributed by atoms with van der Waals surface area (Å²) in [5, 5.41) is 6.00. The average molecular weight is 231 g/mol. The first-order valence-electron chi connectivity index (χ1n) is 5.01. The third kappa shape index (κ3) is 4.74. The van der Waals surface area contributed by atoms with Crippen molar-refractivity contribution in [2.24, 2.45) is 5.10 Å². The van der Waals surface area contributed by atoms with E-state index in [9.17, 15) is 9.59 Å². The fourth-order valence-electron chi connectivity index (χ4n) is 1.00. The molecule has 5 nitrogen and oxygen atoms in total. The molecule has 0 saturated carbocycles. The van der Waals surface area contributed by atoms with Gasteiger partial charge in [-0.15, -0.1) is 6.58 Å². The first kappa shape index (κ1) is 12.6. The van der Waals surface area contributed by atoms with Crippen molar-refractivity contribution in [1.29, 1.82) is 0 Å². The van der Waals surface area contributed by atoms with E-state index in [1.54, 1.807) is 0 Å². The van der Waals surface area contributed by atoms with E-state index in [0.29, 0.717) is 0 Å². The Hall–Kier alpha value is -2.43. The number of hydrogen-bond acceptors (Lipinski definition) is 3.